The molecular formula is C23H20ClN3O4S. The molecule has 1 aliphatic heterocycles. The van der Waals surface area contributed by atoms with Gasteiger partial charge in [0.05, 0.1) is 29.5 Å². The van der Waals surface area contributed by atoms with Gasteiger partial charge in [0.1, 0.15) is 5.92 Å². The number of nitrogens with zero attached hydrogens (tertiary/aromatic N) is 1. The van der Waals surface area contributed by atoms with E-state index in [1.165, 1.54) is 7.11 Å². The summed E-state index contributed by atoms with van der Waals surface area (Å²) in [6.45, 7) is 1.79. The molecule has 7 nitrogen and oxygen atoms in total. The van der Waals surface area contributed by atoms with Gasteiger partial charge in [0.25, 0.3) is 0 Å². The van der Waals surface area contributed by atoms with Crippen molar-refractivity contribution < 1.29 is 19.1 Å². The van der Waals surface area contributed by atoms with Gasteiger partial charge in [-0.3, -0.25) is 14.4 Å². The standard InChI is InChI=1S/C23H20ClN3O4S/c1-13-16(24)9-6-10-17(13)26-18(28)12-32-22-15(11-25)19(14-7-4-3-5-8-14)20(21(29)27-22)23(30)31-2/h3-10,19-20H,12H2,1-2H3,(H,26,28)(H,27,29)/t19-,20+/m1/s1. The van der Waals surface area contributed by atoms with Gasteiger partial charge in [0, 0.05) is 16.6 Å². The molecule has 2 N–H and O–H groups in total. The second kappa shape index (κ2) is 10.4. The van der Waals surface area contributed by atoms with Crippen molar-refractivity contribution in [3.05, 3.63) is 75.3 Å². The molecule has 9 heteroatoms. The number of methoxy groups -OCH3 is 1. The number of anilines is 1. The Bertz CT molecular complexity index is 1130. The van der Waals surface area contributed by atoms with E-state index in [0.717, 1.165) is 17.3 Å². The molecule has 0 fully saturated rings. The van der Waals surface area contributed by atoms with Crippen LogP contribution in [0.2, 0.25) is 5.02 Å². The highest BCUT2D eigenvalue weighted by Gasteiger charge is 2.44. The topological polar surface area (TPSA) is 108 Å². The lowest BCUT2D eigenvalue weighted by Crippen LogP contribution is -2.44. The predicted octanol–water partition coefficient (Wildman–Crippen LogP) is 3.76. The van der Waals surface area contributed by atoms with E-state index in [4.69, 9.17) is 16.3 Å². The van der Waals surface area contributed by atoms with E-state index in [-0.39, 0.29) is 22.3 Å². The Morgan fingerprint density at radius 2 is 1.94 bits per heavy atom. The molecule has 1 aliphatic rings. The molecule has 2 atom stereocenters. The summed E-state index contributed by atoms with van der Waals surface area (Å²) in [6.07, 6.45) is 0. The minimum absolute atomic E-state index is 0.0584. The van der Waals surface area contributed by atoms with E-state index in [2.05, 4.69) is 16.7 Å². The molecule has 2 amide bonds. The summed E-state index contributed by atoms with van der Waals surface area (Å²) < 4.78 is 4.81. The van der Waals surface area contributed by atoms with Gasteiger partial charge in [0.15, 0.2) is 0 Å². The quantitative estimate of drug-likeness (QED) is 0.492. The van der Waals surface area contributed by atoms with Gasteiger partial charge < -0.3 is 15.4 Å². The normalized spacial score (nSPS) is 17.9. The summed E-state index contributed by atoms with van der Waals surface area (Å²) in [5, 5.41) is 16.0. The number of nitrogens with one attached hydrogen (secondary N) is 2. The van der Waals surface area contributed by atoms with Crippen LogP contribution in [0.5, 0.6) is 0 Å². The Labute approximate surface area is 194 Å². The van der Waals surface area contributed by atoms with Crippen LogP contribution in [0.25, 0.3) is 0 Å². The number of ether oxygens (including phenoxy) is 1. The van der Waals surface area contributed by atoms with Crippen LogP contribution in [0.3, 0.4) is 0 Å². The van der Waals surface area contributed by atoms with Crippen molar-refractivity contribution in [3.8, 4) is 6.07 Å². The van der Waals surface area contributed by atoms with Crippen LogP contribution < -0.4 is 10.6 Å². The minimum atomic E-state index is -1.20. The van der Waals surface area contributed by atoms with Crippen LogP contribution in [0.1, 0.15) is 17.0 Å². The number of thioether (sulfide) groups is 1. The van der Waals surface area contributed by atoms with Gasteiger partial charge in [0.2, 0.25) is 11.8 Å². The van der Waals surface area contributed by atoms with Gasteiger partial charge >= 0.3 is 5.97 Å². The lowest BCUT2D eigenvalue weighted by molar-refractivity contribution is -0.150. The first-order valence-electron chi connectivity index (χ1n) is 9.63. The molecule has 164 valence electrons. The number of hydrogen-bond acceptors (Lipinski definition) is 6. The summed E-state index contributed by atoms with van der Waals surface area (Å²) in [6, 6.07) is 16.1. The molecular weight excluding hydrogens is 450 g/mol. The van der Waals surface area contributed by atoms with E-state index in [0.29, 0.717) is 16.3 Å². The van der Waals surface area contributed by atoms with Crippen LogP contribution in [-0.2, 0) is 19.1 Å². The number of halogens is 1. The van der Waals surface area contributed by atoms with Gasteiger partial charge in [-0.15, -0.1) is 0 Å². The second-order valence-corrected chi connectivity index (χ2v) is 8.38. The van der Waals surface area contributed by atoms with Crippen molar-refractivity contribution in [2.75, 3.05) is 18.2 Å². The van der Waals surface area contributed by atoms with Gasteiger partial charge in [-0.05, 0) is 30.2 Å². The SMILES string of the molecule is COC(=O)[C@@H]1C(=O)NC(SCC(=O)Nc2cccc(Cl)c2C)=C(C#N)[C@H]1c1ccccc1. The first kappa shape index (κ1) is 23.4. The molecule has 0 bridgehead atoms. The Hall–Kier alpha value is -3.28. The number of carbonyl (C=O) groups is 3. The number of carbonyl (C=O) groups excluding carboxylic acids is 3. The zero-order chi connectivity index (χ0) is 23.3. The van der Waals surface area contributed by atoms with Crippen LogP contribution in [0.4, 0.5) is 5.69 Å². The number of benzene rings is 2. The Balaban J connectivity index is 1.87. The van der Waals surface area contributed by atoms with Crippen molar-refractivity contribution in [2.45, 2.75) is 12.8 Å². The Kier molecular flexibility index (Phi) is 7.57. The monoisotopic (exact) mass is 469 g/mol. The first-order chi connectivity index (χ1) is 15.4. The summed E-state index contributed by atoms with van der Waals surface area (Å²) in [5.41, 5.74) is 2.15. The lowest BCUT2D eigenvalue weighted by atomic mass is 9.78. The Morgan fingerprint density at radius 3 is 2.59 bits per heavy atom. The summed E-state index contributed by atoms with van der Waals surface area (Å²) in [7, 11) is 1.19. The number of nitriles is 1. The Morgan fingerprint density at radius 1 is 1.22 bits per heavy atom. The third kappa shape index (κ3) is 4.96. The zero-order valence-electron chi connectivity index (χ0n) is 17.3. The van der Waals surface area contributed by atoms with Crippen molar-refractivity contribution in [3.63, 3.8) is 0 Å². The second-order valence-electron chi connectivity index (χ2n) is 6.98. The minimum Gasteiger partial charge on any atom is -0.468 e. The highest BCUT2D eigenvalue weighted by molar-refractivity contribution is 8.03. The molecule has 1 heterocycles. The molecule has 2 aromatic carbocycles. The molecule has 0 radical (unpaired) electrons. The average molecular weight is 470 g/mol. The molecule has 0 unspecified atom stereocenters. The maximum atomic E-state index is 12.8. The van der Waals surface area contributed by atoms with E-state index < -0.39 is 23.7 Å². The van der Waals surface area contributed by atoms with Crippen molar-refractivity contribution in [1.82, 2.24) is 5.32 Å². The molecule has 3 rings (SSSR count). The first-order valence-corrected chi connectivity index (χ1v) is 11.0. The van der Waals surface area contributed by atoms with E-state index in [1.54, 1.807) is 55.5 Å². The third-order valence-electron chi connectivity index (χ3n) is 5.03. The fourth-order valence-electron chi connectivity index (χ4n) is 3.41. The molecule has 0 aliphatic carbocycles. The summed E-state index contributed by atoms with van der Waals surface area (Å²) >= 11 is 7.11. The fourth-order valence-corrected chi connectivity index (χ4v) is 4.43. The molecule has 0 saturated heterocycles. The largest absolute Gasteiger partial charge is 0.468 e. The van der Waals surface area contributed by atoms with Gasteiger partial charge in [-0.2, -0.15) is 5.26 Å². The number of esters is 1. The van der Waals surface area contributed by atoms with E-state index >= 15 is 0 Å². The summed E-state index contributed by atoms with van der Waals surface area (Å²) in [4.78, 5) is 37.6. The predicted molar refractivity (Wildman–Crippen MR) is 123 cm³/mol. The van der Waals surface area contributed by atoms with E-state index in [9.17, 15) is 19.6 Å². The van der Waals surface area contributed by atoms with Crippen LogP contribution in [0.15, 0.2) is 59.1 Å². The highest BCUT2D eigenvalue weighted by atomic mass is 35.5. The fraction of sp³-hybridized carbons (Fsp3) is 0.217. The van der Waals surface area contributed by atoms with Crippen LogP contribution in [0, 0.1) is 24.2 Å². The van der Waals surface area contributed by atoms with Crippen molar-refractivity contribution in [2.24, 2.45) is 5.92 Å². The number of allylic oxidation sites excluding steroid dienone is 1. The third-order valence-corrected chi connectivity index (χ3v) is 6.46. The maximum Gasteiger partial charge on any atom is 0.319 e. The lowest BCUT2D eigenvalue weighted by Gasteiger charge is -2.30. The van der Waals surface area contributed by atoms with Crippen LogP contribution in [-0.4, -0.2) is 30.6 Å². The molecule has 0 saturated carbocycles. The zero-order valence-corrected chi connectivity index (χ0v) is 18.9. The molecule has 0 spiro atoms. The highest BCUT2D eigenvalue weighted by Crippen LogP contribution is 2.40. The molecule has 32 heavy (non-hydrogen) atoms. The van der Waals surface area contributed by atoms with Crippen LogP contribution >= 0.6 is 23.4 Å². The number of rotatable bonds is 6. The van der Waals surface area contributed by atoms with Crippen molar-refractivity contribution >= 4 is 46.8 Å². The summed E-state index contributed by atoms with van der Waals surface area (Å²) in [5.74, 6) is -3.73. The molecule has 2 aromatic rings. The number of amides is 2. The average Bonchev–Trinajstić information content (AvgIpc) is 2.80. The van der Waals surface area contributed by atoms with E-state index in [1.807, 2.05) is 0 Å². The van der Waals surface area contributed by atoms with Crippen molar-refractivity contribution in [1.29, 1.82) is 5.26 Å². The van der Waals surface area contributed by atoms with Gasteiger partial charge in [-0.25, -0.2) is 0 Å². The van der Waals surface area contributed by atoms with Gasteiger partial charge in [-0.1, -0.05) is 59.8 Å². The smallest absolute Gasteiger partial charge is 0.319 e. The maximum absolute atomic E-state index is 12.8. The number of hydrogen-bond donors (Lipinski definition) is 2. The molecule has 0 aromatic heterocycles.